The van der Waals surface area contributed by atoms with Gasteiger partial charge in [-0.1, -0.05) is 30.3 Å². The van der Waals surface area contributed by atoms with Gasteiger partial charge in [-0.2, -0.15) is 0 Å². The summed E-state index contributed by atoms with van der Waals surface area (Å²) < 4.78 is 31.6. The number of rotatable bonds is 5. The van der Waals surface area contributed by atoms with E-state index in [4.69, 9.17) is 4.74 Å². The number of ether oxygens (including phenoxy) is 1. The average molecular weight is 380 g/mol. The quantitative estimate of drug-likeness (QED) is 0.566. The van der Waals surface area contributed by atoms with E-state index < -0.39 is 10.0 Å². The molecule has 6 heteroatoms. The first-order valence-corrected chi connectivity index (χ1v) is 10.0. The molecule has 138 valence electrons. The predicted molar refractivity (Wildman–Crippen MR) is 107 cm³/mol. The highest BCUT2D eigenvalue weighted by Gasteiger charge is 2.17. The van der Waals surface area contributed by atoms with Crippen LogP contribution in [-0.2, 0) is 16.6 Å². The smallest absolute Gasteiger partial charge is 0.242 e. The number of aromatic nitrogens is 1. The summed E-state index contributed by atoms with van der Waals surface area (Å²) in [6, 6.07) is 20.9. The molecule has 0 atom stereocenters. The van der Waals surface area contributed by atoms with Crippen LogP contribution in [0.2, 0.25) is 0 Å². The average Bonchev–Trinajstić information content (AvgIpc) is 3.04. The van der Waals surface area contributed by atoms with E-state index in [1.165, 1.54) is 23.8 Å². The van der Waals surface area contributed by atoms with Crippen molar-refractivity contribution in [1.29, 1.82) is 0 Å². The normalized spacial score (nSPS) is 12.1. The minimum absolute atomic E-state index is 0.264. The molecule has 1 heterocycles. The molecule has 0 unspecified atom stereocenters. The molecule has 3 aromatic carbocycles. The van der Waals surface area contributed by atoms with Gasteiger partial charge < -0.3 is 9.72 Å². The third-order valence-electron chi connectivity index (χ3n) is 4.56. The van der Waals surface area contributed by atoms with Gasteiger partial charge in [-0.3, -0.25) is 0 Å². The second-order valence-electron chi connectivity index (χ2n) is 6.60. The molecular formula is C21H20N2O3S. The fraction of sp³-hybridized carbons (Fsp3) is 0.143. The van der Waals surface area contributed by atoms with E-state index in [2.05, 4.69) is 11.1 Å². The number of H-pyrrole nitrogens is 1. The van der Waals surface area contributed by atoms with E-state index in [1.807, 2.05) is 42.5 Å². The first kappa shape index (κ1) is 17.6. The maximum atomic E-state index is 12.3. The van der Waals surface area contributed by atoms with Crippen LogP contribution in [0.25, 0.3) is 21.8 Å². The van der Waals surface area contributed by atoms with Crippen molar-refractivity contribution in [2.24, 2.45) is 0 Å². The zero-order valence-electron chi connectivity index (χ0n) is 15.1. The summed E-state index contributed by atoms with van der Waals surface area (Å²) in [7, 11) is -0.409. The van der Waals surface area contributed by atoms with Gasteiger partial charge in [-0.25, -0.2) is 12.7 Å². The maximum Gasteiger partial charge on any atom is 0.242 e. The zero-order chi connectivity index (χ0) is 19.0. The molecule has 0 aliphatic heterocycles. The first-order valence-electron chi connectivity index (χ1n) is 8.60. The molecule has 4 rings (SSSR count). The zero-order valence-corrected chi connectivity index (χ0v) is 16.0. The Bertz CT molecular complexity index is 1230. The van der Waals surface area contributed by atoms with Crippen LogP contribution in [0.5, 0.6) is 5.75 Å². The lowest BCUT2D eigenvalue weighted by molar-refractivity contribution is 0.306. The highest BCUT2D eigenvalue weighted by Crippen LogP contribution is 2.28. The van der Waals surface area contributed by atoms with Crippen molar-refractivity contribution in [3.63, 3.8) is 0 Å². The van der Waals surface area contributed by atoms with Crippen LogP contribution >= 0.6 is 0 Å². The van der Waals surface area contributed by atoms with E-state index in [9.17, 15) is 8.42 Å². The monoisotopic (exact) mass is 380 g/mol. The standard InChI is InChI=1S/C21H20N2O3S/c1-23(2)27(24,25)17-7-5-6-15(12-17)14-26-16-10-11-19-18-8-3-4-9-20(18)22-21(19)13-16/h3-13,22H,14H2,1-2H3. The molecule has 0 aliphatic carbocycles. The molecule has 0 aliphatic rings. The third kappa shape index (κ3) is 3.29. The Morgan fingerprint density at radius 2 is 1.67 bits per heavy atom. The van der Waals surface area contributed by atoms with Crippen molar-refractivity contribution in [2.75, 3.05) is 14.1 Å². The molecule has 4 aromatic rings. The lowest BCUT2D eigenvalue weighted by Crippen LogP contribution is -2.22. The SMILES string of the molecule is CN(C)S(=O)(=O)c1cccc(COc2ccc3c(c2)[nH]c2ccccc23)c1. The number of fused-ring (bicyclic) bond motifs is 3. The number of hydrogen-bond acceptors (Lipinski definition) is 3. The number of nitrogens with zero attached hydrogens (tertiary/aromatic N) is 1. The molecule has 0 radical (unpaired) electrons. The predicted octanol–water partition coefficient (Wildman–Crippen LogP) is 4.15. The van der Waals surface area contributed by atoms with Crippen molar-refractivity contribution in [3.05, 3.63) is 72.3 Å². The number of sulfonamides is 1. The van der Waals surface area contributed by atoms with Gasteiger partial charge in [0.15, 0.2) is 0 Å². The van der Waals surface area contributed by atoms with E-state index in [-0.39, 0.29) is 4.90 Å². The topological polar surface area (TPSA) is 62.4 Å². The van der Waals surface area contributed by atoms with Crippen molar-refractivity contribution >= 4 is 31.8 Å². The highest BCUT2D eigenvalue weighted by molar-refractivity contribution is 7.89. The highest BCUT2D eigenvalue weighted by atomic mass is 32.2. The van der Waals surface area contributed by atoms with Crippen LogP contribution in [-0.4, -0.2) is 31.8 Å². The minimum atomic E-state index is -3.45. The molecule has 0 amide bonds. The lowest BCUT2D eigenvalue weighted by atomic mass is 10.1. The summed E-state index contributed by atoms with van der Waals surface area (Å²) in [4.78, 5) is 3.66. The minimum Gasteiger partial charge on any atom is -0.489 e. The molecule has 1 N–H and O–H groups in total. The van der Waals surface area contributed by atoms with Gasteiger partial charge in [0.05, 0.1) is 10.4 Å². The Hall–Kier alpha value is -2.83. The van der Waals surface area contributed by atoms with Gasteiger partial charge in [0, 0.05) is 36.5 Å². The van der Waals surface area contributed by atoms with Gasteiger partial charge in [-0.05, 0) is 35.9 Å². The first-order chi connectivity index (χ1) is 12.9. The molecule has 5 nitrogen and oxygen atoms in total. The summed E-state index contributed by atoms with van der Waals surface area (Å²) in [5.74, 6) is 0.731. The van der Waals surface area contributed by atoms with Crippen LogP contribution in [0.1, 0.15) is 5.56 Å². The van der Waals surface area contributed by atoms with E-state index >= 15 is 0 Å². The lowest BCUT2D eigenvalue weighted by Gasteiger charge is -2.12. The van der Waals surface area contributed by atoms with E-state index in [0.29, 0.717) is 6.61 Å². The van der Waals surface area contributed by atoms with Gasteiger partial charge >= 0.3 is 0 Å². The van der Waals surface area contributed by atoms with Crippen LogP contribution in [0.15, 0.2) is 71.6 Å². The van der Waals surface area contributed by atoms with Gasteiger partial charge in [0.25, 0.3) is 0 Å². The molecule has 27 heavy (non-hydrogen) atoms. The summed E-state index contributed by atoms with van der Waals surface area (Å²) in [5.41, 5.74) is 2.90. The van der Waals surface area contributed by atoms with Crippen molar-refractivity contribution in [2.45, 2.75) is 11.5 Å². The molecule has 0 spiro atoms. The summed E-state index contributed by atoms with van der Waals surface area (Å²) in [6.07, 6.45) is 0. The Morgan fingerprint density at radius 1 is 0.889 bits per heavy atom. The van der Waals surface area contributed by atoms with E-state index in [1.54, 1.807) is 18.2 Å². The van der Waals surface area contributed by atoms with Gasteiger partial charge in [-0.15, -0.1) is 0 Å². The molecule has 0 saturated carbocycles. The van der Waals surface area contributed by atoms with Crippen LogP contribution in [0, 0.1) is 0 Å². The molecule has 0 saturated heterocycles. The van der Waals surface area contributed by atoms with Crippen molar-refractivity contribution < 1.29 is 13.2 Å². The number of hydrogen-bond donors (Lipinski definition) is 1. The van der Waals surface area contributed by atoms with E-state index in [0.717, 1.165) is 27.7 Å². The Kier molecular flexibility index (Phi) is 4.37. The van der Waals surface area contributed by atoms with Gasteiger partial charge in [0.1, 0.15) is 12.4 Å². The number of aromatic amines is 1. The van der Waals surface area contributed by atoms with Crippen LogP contribution < -0.4 is 4.74 Å². The Labute approximate surface area is 158 Å². The Morgan fingerprint density at radius 3 is 2.48 bits per heavy atom. The van der Waals surface area contributed by atoms with Crippen LogP contribution in [0.3, 0.4) is 0 Å². The maximum absolute atomic E-state index is 12.3. The summed E-state index contributed by atoms with van der Waals surface area (Å²) in [5, 5.41) is 2.33. The number of benzene rings is 3. The van der Waals surface area contributed by atoms with Crippen molar-refractivity contribution in [3.8, 4) is 5.75 Å². The number of para-hydroxylation sites is 1. The molecule has 0 bridgehead atoms. The largest absolute Gasteiger partial charge is 0.489 e. The third-order valence-corrected chi connectivity index (χ3v) is 6.37. The molecule has 1 aromatic heterocycles. The summed E-state index contributed by atoms with van der Waals surface area (Å²) >= 11 is 0. The summed E-state index contributed by atoms with van der Waals surface area (Å²) in [6.45, 7) is 0.294. The Balaban J connectivity index is 1.58. The van der Waals surface area contributed by atoms with Crippen molar-refractivity contribution in [1.82, 2.24) is 9.29 Å². The second kappa shape index (κ2) is 6.72. The second-order valence-corrected chi connectivity index (χ2v) is 8.75. The molecule has 0 fully saturated rings. The van der Waals surface area contributed by atoms with Crippen LogP contribution in [0.4, 0.5) is 0 Å². The fourth-order valence-electron chi connectivity index (χ4n) is 3.10. The molecular weight excluding hydrogens is 360 g/mol. The number of nitrogens with one attached hydrogen (secondary N) is 1. The van der Waals surface area contributed by atoms with Gasteiger partial charge in [0.2, 0.25) is 10.0 Å². The fourth-order valence-corrected chi connectivity index (χ4v) is 4.07.